The van der Waals surface area contributed by atoms with Crippen molar-refractivity contribution in [3.05, 3.63) is 0 Å². The molecule has 0 aromatic carbocycles. The van der Waals surface area contributed by atoms with Gasteiger partial charge in [-0.25, -0.2) is 0 Å². The van der Waals surface area contributed by atoms with Gasteiger partial charge in [0.1, 0.15) is 0 Å². The van der Waals surface area contributed by atoms with Crippen molar-refractivity contribution in [3.8, 4) is 0 Å². The third-order valence-electron chi connectivity index (χ3n) is 3.02. The van der Waals surface area contributed by atoms with Crippen molar-refractivity contribution in [3.63, 3.8) is 0 Å². The van der Waals surface area contributed by atoms with Crippen molar-refractivity contribution < 1.29 is 16.5 Å². The van der Waals surface area contributed by atoms with Crippen molar-refractivity contribution in [1.29, 1.82) is 0 Å². The van der Waals surface area contributed by atoms with E-state index < -0.39 is 44.6 Å². The molecule has 0 unspecified atom stereocenters. The molecule has 0 aliphatic heterocycles. The van der Waals surface area contributed by atoms with Gasteiger partial charge in [-0.05, 0) is 0 Å². The first-order valence-electron chi connectivity index (χ1n) is 7.50. The number of hydrogen-bond donors (Lipinski definition) is 0. The van der Waals surface area contributed by atoms with E-state index in [1.54, 1.807) is 0 Å². The van der Waals surface area contributed by atoms with Crippen LogP contribution in [0, 0.1) is 0 Å². The molecule has 0 aromatic rings. The van der Waals surface area contributed by atoms with Gasteiger partial charge >= 0.3 is 146 Å². The molecule has 0 heterocycles. The van der Waals surface area contributed by atoms with E-state index in [2.05, 4.69) is 101 Å². The van der Waals surface area contributed by atoms with E-state index in [-0.39, 0.29) is 0 Å². The number of nitrogens with zero attached hydrogens (tertiary/aromatic N) is 2. The maximum atomic E-state index is 3.98. The second-order valence-electron chi connectivity index (χ2n) is 9.60. The summed E-state index contributed by atoms with van der Waals surface area (Å²) in [6.45, 7) is 30.5. The van der Waals surface area contributed by atoms with Crippen LogP contribution in [0.3, 0.4) is 0 Å². The Hall–Kier alpha value is 1.99. The van der Waals surface area contributed by atoms with Crippen LogP contribution < -0.4 is 0 Å². The van der Waals surface area contributed by atoms with Crippen LogP contribution in [-0.2, 0) is 16.5 Å². The van der Waals surface area contributed by atoms with Crippen LogP contribution in [0.4, 0.5) is 0 Å². The second kappa shape index (κ2) is 6.85. The van der Waals surface area contributed by atoms with Gasteiger partial charge < -0.3 is 0 Å². The van der Waals surface area contributed by atoms with Gasteiger partial charge in [0.2, 0.25) is 0 Å². The molecule has 2 nitrogen and oxygen atoms in total. The van der Waals surface area contributed by atoms with Gasteiger partial charge in [-0.1, -0.05) is 0 Å². The summed E-state index contributed by atoms with van der Waals surface area (Å²) in [5.41, 5.74) is 0. The van der Waals surface area contributed by atoms with Crippen LogP contribution in [0.1, 0.15) is 0 Å². The van der Waals surface area contributed by atoms with Gasteiger partial charge in [-0.2, -0.15) is 0 Å². The SMILES string of the molecule is C[Si](C)(C)[N]([Ge](=[Pd])[N]([Si](C)(C)C)[Si](C)(C)C)[Si](C)(C)C. The summed E-state index contributed by atoms with van der Waals surface area (Å²) in [5, 5.41) is 0. The van der Waals surface area contributed by atoms with Gasteiger partial charge in [0.15, 0.2) is 0 Å². The summed E-state index contributed by atoms with van der Waals surface area (Å²) < 4.78 is 6.17. The van der Waals surface area contributed by atoms with E-state index >= 15 is 0 Å². The molecule has 0 saturated heterocycles. The Kier molecular flexibility index (Phi) is 7.54. The Morgan fingerprint density at radius 2 is 0.650 bits per heavy atom. The standard InChI is InChI=1S/C12H36GeN2Si4.Pd/c1-16(2,3)14(17(4,5)6)13-15(18(7,8)9)19(10,11)12;/h1-12H3;. The zero-order chi connectivity index (χ0) is 16.7. The molecule has 124 valence electrons. The van der Waals surface area contributed by atoms with E-state index in [4.69, 9.17) is 0 Å². The fraction of sp³-hybridized carbons (Fsp3) is 1.00. The van der Waals surface area contributed by atoms with Crippen LogP contribution in [0.2, 0.25) is 78.6 Å². The van der Waals surface area contributed by atoms with Crippen LogP contribution in [0.15, 0.2) is 0 Å². The summed E-state index contributed by atoms with van der Waals surface area (Å²) in [7, 11) is -5.08. The monoisotopic (exact) mass is 500 g/mol. The Morgan fingerprint density at radius 3 is 0.750 bits per heavy atom. The van der Waals surface area contributed by atoms with Crippen molar-refractivity contribution in [2.75, 3.05) is 0 Å². The fourth-order valence-corrected chi connectivity index (χ4v) is 71.3. The summed E-state index contributed by atoms with van der Waals surface area (Å²) in [6, 6.07) is 0. The van der Waals surface area contributed by atoms with Crippen molar-refractivity contribution >= 4 is 44.6 Å². The average molecular weight is 500 g/mol. The Balaban J connectivity index is 5.89. The summed E-state index contributed by atoms with van der Waals surface area (Å²) in [5.74, 6) is 0. The predicted molar refractivity (Wildman–Crippen MR) is 103 cm³/mol. The molecule has 0 aromatic heterocycles. The topological polar surface area (TPSA) is 6.48 Å². The third-order valence-corrected chi connectivity index (χ3v) is 49.1. The van der Waals surface area contributed by atoms with Crippen LogP contribution in [-0.4, -0.2) is 51.0 Å². The Labute approximate surface area is 145 Å². The normalized spacial score (nSPS) is 15.2. The molecular formula is C12H36GeN2PdSi4. The summed E-state index contributed by atoms with van der Waals surface area (Å²) >= 11 is 2.49. The molecule has 0 aliphatic carbocycles. The van der Waals surface area contributed by atoms with Crippen molar-refractivity contribution in [2.24, 2.45) is 0 Å². The fourth-order valence-electron chi connectivity index (χ4n) is 3.14. The van der Waals surface area contributed by atoms with Crippen LogP contribution in [0.5, 0.6) is 0 Å². The molecule has 0 N–H and O–H groups in total. The zero-order valence-electron chi connectivity index (χ0n) is 15.7. The number of hydrogen-bond acceptors (Lipinski definition) is 2. The molecular weight excluding hydrogens is 464 g/mol. The van der Waals surface area contributed by atoms with E-state index in [9.17, 15) is 0 Å². The molecule has 0 fully saturated rings. The van der Waals surface area contributed by atoms with Crippen molar-refractivity contribution in [1.82, 2.24) is 6.38 Å². The third kappa shape index (κ3) is 6.24. The second-order valence-corrected chi connectivity index (χ2v) is 39.9. The Bertz CT molecular complexity index is 302. The molecule has 0 rings (SSSR count). The van der Waals surface area contributed by atoms with Gasteiger partial charge in [-0.3, -0.25) is 0 Å². The first kappa shape index (κ1) is 22.0. The molecule has 0 amide bonds. The molecule has 0 atom stereocenters. The van der Waals surface area contributed by atoms with Gasteiger partial charge in [0, 0.05) is 0 Å². The predicted octanol–water partition coefficient (Wildman–Crippen LogP) is 4.46. The summed E-state index contributed by atoms with van der Waals surface area (Å²) in [4.78, 5) is 0. The van der Waals surface area contributed by atoms with E-state index in [1.165, 1.54) is 0 Å². The molecule has 0 aliphatic rings. The van der Waals surface area contributed by atoms with E-state index in [0.29, 0.717) is 0 Å². The molecule has 0 spiro atoms. The van der Waals surface area contributed by atoms with Crippen LogP contribution in [0.25, 0.3) is 0 Å². The van der Waals surface area contributed by atoms with Crippen LogP contribution >= 0.6 is 0 Å². The minimum atomic E-state index is -1.50. The van der Waals surface area contributed by atoms with E-state index in [0.717, 1.165) is 0 Å². The van der Waals surface area contributed by atoms with E-state index in [1.807, 2.05) is 0 Å². The average Bonchev–Trinajstić information content (AvgIpc) is 1.88. The van der Waals surface area contributed by atoms with Gasteiger partial charge in [-0.15, -0.1) is 0 Å². The first-order valence-corrected chi connectivity index (χ1v) is 27.9. The zero-order valence-corrected chi connectivity index (χ0v) is 23.4. The summed E-state index contributed by atoms with van der Waals surface area (Å²) in [6.07, 6.45) is 0. The van der Waals surface area contributed by atoms with Gasteiger partial charge in [0.05, 0.1) is 0 Å². The maximum absolute atomic E-state index is 3.98. The molecule has 0 bridgehead atoms. The van der Waals surface area contributed by atoms with Gasteiger partial charge in [0.25, 0.3) is 0 Å². The first-order chi connectivity index (χ1) is 8.40. The minimum absolute atomic E-state index is 1.27. The quantitative estimate of drug-likeness (QED) is 0.498. The molecule has 0 radical (unpaired) electrons. The molecule has 20 heavy (non-hydrogen) atoms. The van der Waals surface area contributed by atoms with Crippen molar-refractivity contribution in [2.45, 2.75) is 78.6 Å². The molecule has 8 heteroatoms. The number of rotatable bonds is 6. The molecule has 0 saturated carbocycles. The Morgan fingerprint density at radius 1 is 0.500 bits per heavy atom.